The standard InChI is InChI=1S/C24H31NO4.C2H2O4/c1-24(2)28-22-20(25-16-18-9-5-3-6-10-18)15-21(23(22)29-24)27-14-13-26-17-19-11-7-4-8-12-19;3-1(4)2(5)6/h3-12,20-23,25H,13-17H2,1-2H3;(H,3,4)(H,5,6)/t20-,21+,22+,23-;/m1./s1. The van der Waals surface area contributed by atoms with E-state index in [1.807, 2.05) is 38.1 Å². The van der Waals surface area contributed by atoms with Gasteiger partial charge >= 0.3 is 11.9 Å². The van der Waals surface area contributed by atoms with E-state index in [2.05, 4.69) is 41.7 Å². The van der Waals surface area contributed by atoms with Crippen LogP contribution in [0.1, 0.15) is 31.4 Å². The maximum atomic E-state index is 9.10. The molecule has 0 aromatic heterocycles. The Morgan fingerprint density at radius 2 is 1.49 bits per heavy atom. The second kappa shape index (κ2) is 12.8. The van der Waals surface area contributed by atoms with Gasteiger partial charge in [0.15, 0.2) is 5.79 Å². The summed E-state index contributed by atoms with van der Waals surface area (Å²) >= 11 is 0. The number of fused-ring (bicyclic) bond motifs is 1. The van der Waals surface area contributed by atoms with E-state index < -0.39 is 17.7 Å². The van der Waals surface area contributed by atoms with Crippen LogP contribution in [-0.4, -0.2) is 65.5 Å². The molecule has 0 spiro atoms. The van der Waals surface area contributed by atoms with E-state index in [0.29, 0.717) is 19.8 Å². The molecule has 4 atom stereocenters. The summed E-state index contributed by atoms with van der Waals surface area (Å²) in [6.45, 7) is 6.48. The van der Waals surface area contributed by atoms with Gasteiger partial charge in [0.25, 0.3) is 0 Å². The molecular formula is C26H33NO8. The molecule has 2 fully saturated rings. The Kier molecular flexibility index (Phi) is 9.76. The van der Waals surface area contributed by atoms with Gasteiger partial charge < -0.3 is 34.5 Å². The summed E-state index contributed by atoms with van der Waals surface area (Å²) < 4.78 is 24.3. The highest BCUT2D eigenvalue weighted by Crippen LogP contribution is 2.39. The van der Waals surface area contributed by atoms with Crippen molar-refractivity contribution in [1.29, 1.82) is 0 Å². The lowest BCUT2D eigenvalue weighted by Crippen LogP contribution is -2.39. The van der Waals surface area contributed by atoms with E-state index in [1.54, 1.807) is 0 Å². The fourth-order valence-corrected chi connectivity index (χ4v) is 4.16. The predicted octanol–water partition coefficient (Wildman–Crippen LogP) is 2.83. The van der Waals surface area contributed by atoms with Crippen molar-refractivity contribution >= 4 is 11.9 Å². The van der Waals surface area contributed by atoms with Gasteiger partial charge in [-0.05, 0) is 31.4 Å². The number of aliphatic carboxylic acids is 2. The molecule has 9 nitrogen and oxygen atoms in total. The summed E-state index contributed by atoms with van der Waals surface area (Å²) in [6.07, 6.45) is 0.837. The molecule has 0 unspecified atom stereocenters. The Morgan fingerprint density at radius 3 is 2.09 bits per heavy atom. The molecule has 0 bridgehead atoms. The molecule has 0 radical (unpaired) electrons. The van der Waals surface area contributed by atoms with Crippen molar-refractivity contribution in [1.82, 2.24) is 5.32 Å². The summed E-state index contributed by atoms with van der Waals surface area (Å²) in [5, 5.41) is 18.4. The highest BCUT2D eigenvalue weighted by molar-refractivity contribution is 6.27. The molecule has 2 aliphatic rings. The number of carboxylic acid groups (broad SMARTS) is 2. The quantitative estimate of drug-likeness (QED) is 0.362. The van der Waals surface area contributed by atoms with Crippen LogP contribution in [0.4, 0.5) is 0 Å². The average molecular weight is 488 g/mol. The van der Waals surface area contributed by atoms with E-state index in [-0.39, 0.29) is 24.4 Å². The summed E-state index contributed by atoms with van der Waals surface area (Å²) in [6, 6.07) is 20.8. The maximum absolute atomic E-state index is 9.10. The molecule has 190 valence electrons. The van der Waals surface area contributed by atoms with Crippen LogP contribution in [0.2, 0.25) is 0 Å². The zero-order valence-corrected chi connectivity index (χ0v) is 20.0. The Hall–Kier alpha value is -2.82. The van der Waals surface area contributed by atoms with Gasteiger partial charge in [-0.2, -0.15) is 0 Å². The van der Waals surface area contributed by atoms with Crippen LogP contribution in [0.5, 0.6) is 0 Å². The monoisotopic (exact) mass is 487 g/mol. The third kappa shape index (κ3) is 8.41. The molecule has 3 N–H and O–H groups in total. The van der Waals surface area contributed by atoms with Crippen molar-refractivity contribution in [2.75, 3.05) is 13.2 Å². The van der Waals surface area contributed by atoms with Crippen molar-refractivity contribution in [3.05, 3.63) is 71.8 Å². The second-order valence-corrected chi connectivity index (χ2v) is 8.83. The van der Waals surface area contributed by atoms with E-state index >= 15 is 0 Å². The largest absolute Gasteiger partial charge is 0.473 e. The first kappa shape index (κ1) is 26.8. The van der Waals surface area contributed by atoms with E-state index in [1.165, 1.54) is 11.1 Å². The molecule has 0 amide bonds. The fourth-order valence-electron chi connectivity index (χ4n) is 4.16. The number of rotatable bonds is 9. The summed E-state index contributed by atoms with van der Waals surface area (Å²) in [5.74, 6) is -4.22. The lowest BCUT2D eigenvalue weighted by atomic mass is 10.1. The van der Waals surface area contributed by atoms with Gasteiger partial charge in [0.05, 0.1) is 25.9 Å². The van der Waals surface area contributed by atoms with Gasteiger partial charge in [0, 0.05) is 12.6 Å². The number of carboxylic acids is 2. The van der Waals surface area contributed by atoms with Gasteiger partial charge in [-0.15, -0.1) is 0 Å². The highest BCUT2D eigenvalue weighted by atomic mass is 16.8. The van der Waals surface area contributed by atoms with Crippen molar-refractivity contribution in [2.45, 2.75) is 63.6 Å². The van der Waals surface area contributed by atoms with Crippen molar-refractivity contribution < 1.29 is 38.7 Å². The first-order chi connectivity index (χ1) is 16.7. The molecule has 1 aliphatic heterocycles. The number of carbonyl (C=O) groups is 2. The number of hydrogen-bond acceptors (Lipinski definition) is 7. The van der Waals surface area contributed by atoms with E-state index in [0.717, 1.165) is 13.0 Å². The Labute approximate surface area is 205 Å². The molecule has 4 rings (SSSR count). The normalized spacial score (nSPS) is 24.3. The molecule has 1 heterocycles. The minimum absolute atomic E-state index is 0.00366. The first-order valence-electron chi connectivity index (χ1n) is 11.6. The van der Waals surface area contributed by atoms with Crippen LogP contribution in [0, 0.1) is 0 Å². The third-order valence-corrected chi connectivity index (χ3v) is 5.68. The summed E-state index contributed by atoms with van der Waals surface area (Å²) in [4.78, 5) is 18.2. The Bertz CT molecular complexity index is 925. The van der Waals surface area contributed by atoms with Crippen LogP contribution in [0.25, 0.3) is 0 Å². The zero-order valence-electron chi connectivity index (χ0n) is 20.0. The van der Waals surface area contributed by atoms with Crippen molar-refractivity contribution in [3.63, 3.8) is 0 Å². The lowest BCUT2D eigenvalue weighted by Gasteiger charge is -2.24. The number of hydrogen-bond donors (Lipinski definition) is 3. The summed E-state index contributed by atoms with van der Waals surface area (Å²) in [7, 11) is 0. The Balaban J connectivity index is 0.000000509. The maximum Gasteiger partial charge on any atom is 0.414 e. The number of benzene rings is 2. The van der Waals surface area contributed by atoms with Gasteiger partial charge in [-0.25, -0.2) is 9.59 Å². The van der Waals surface area contributed by atoms with Crippen molar-refractivity contribution in [2.24, 2.45) is 0 Å². The van der Waals surface area contributed by atoms with Crippen LogP contribution < -0.4 is 5.32 Å². The van der Waals surface area contributed by atoms with E-state index in [9.17, 15) is 0 Å². The highest BCUT2D eigenvalue weighted by Gasteiger charge is 2.54. The molecule has 2 aromatic carbocycles. The van der Waals surface area contributed by atoms with E-state index in [4.69, 9.17) is 38.7 Å². The average Bonchev–Trinajstić information content (AvgIpc) is 3.32. The lowest BCUT2D eigenvalue weighted by molar-refractivity contribution is -0.169. The van der Waals surface area contributed by atoms with Crippen molar-refractivity contribution in [3.8, 4) is 0 Å². The topological polar surface area (TPSA) is 124 Å². The minimum Gasteiger partial charge on any atom is -0.473 e. The van der Waals surface area contributed by atoms with Gasteiger partial charge in [0.1, 0.15) is 12.2 Å². The first-order valence-corrected chi connectivity index (χ1v) is 11.6. The van der Waals surface area contributed by atoms with Crippen LogP contribution in [0.15, 0.2) is 60.7 Å². The minimum atomic E-state index is -1.82. The third-order valence-electron chi connectivity index (χ3n) is 5.68. The Morgan fingerprint density at radius 1 is 0.914 bits per heavy atom. The predicted molar refractivity (Wildman–Crippen MR) is 127 cm³/mol. The molecular weight excluding hydrogens is 454 g/mol. The molecule has 35 heavy (non-hydrogen) atoms. The van der Waals surface area contributed by atoms with Crippen LogP contribution in [-0.2, 0) is 41.7 Å². The SMILES string of the molecule is CC1(C)O[C@@H]2[C@H](O1)[C@@H](OCCOCc1ccccc1)C[C@H]2NCc1ccccc1.O=C(O)C(=O)O. The number of nitrogens with one attached hydrogen (secondary N) is 1. The van der Waals surface area contributed by atoms with Gasteiger partial charge in [-0.3, -0.25) is 0 Å². The molecule has 2 aromatic rings. The van der Waals surface area contributed by atoms with Crippen LogP contribution >= 0.6 is 0 Å². The van der Waals surface area contributed by atoms with Gasteiger partial charge in [0.2, 0.25) is 0 Å². The second-order valence-electron chi connectivity index (χ2n) is 8.83. The fraction of sp³-hybridized carbons (Fsp3) is 0.462. The molecule has 1 saturated carbocycles. The molecule has 1 saturated heterocycles. The number of ether oxygens (including phenoxy) is 4. The van der Waals surface area contributed by atoms with Crippen LogP contribution in [0.3, 0.4) is 0 Å². The zero-order chi connectivity index (χ0) is 25.3. The molecule has 1 aliphatic carbocycles. The smallest absolute Gasteiger partial charge is 0.414 e. The molecule has 9 heteroatoms. The van der Waals surface area contributed by atoms with Gasteiger partial charge in [-0.1, -0.05) is 60.7 Å². The summed E-state index contributed by atoms with van der Waals surface area (Å²) in [5.41, 5.74) is 2.44.